The second-order valence-corrected chi connectivity index (χ2v) is 6.73. The van der Waals surface area contributed by atoms with Crippen LogP contribution in [0.1, 0.15) is 48.5 Å². The normalized spacial score (nSPS) is 19.0. The molecule has 1 N–H and O–H groups in total. The van der Waals surface area contributed by atoms with Gasteiger partial charge in [0.05, 0.1) is 24.2 Å². The lowest BCUT2D eigenvalue weighted by Crippen LogP contribution is -2.41. The Morgan fingerprint density at radius 2 is 2.08 bits per heavy atom. The molecule has 25 heavy (non-hydrogen) atoms. The van der Waals surface area contributed by atoms with Gasteiger partial charge in [-0.05, 0) is 31.7 Å². The molecule has 2 fully saturated rings. The highest BCUT2D eigenvalue weighted by molar-refractivity contribution is 5.92. The van der Waals surface area contributed by atoms with Crippen molar-refractivity contribution in [3.05, 3.63) is 23.4 Å². The first-order valence-corrected chi connectivity index (χ1v) is 8.51. The minimum atomic E-state index is -0.595. The van der Waals surface area contributed by atoms with Gasteiger partial charge in [0.15, 0.2) is 0 Å². The highest BCUT2D eigenvalue weighted by Crippen LogP contribution is 2.48. The zero-order valence-electron chi connectivity index (χ0n) is 14.5. The summed E-state index contributed by atoms with van der Waals surface area (Å²) < 4.78 is 4.88. The largest absolute Gasteiger partial charge is 0.465 e. The molecule has 132 valence electrons. The molecule has 1 amide bonds. The lowest BCUT2D eigenvalue weighted by atomic mass is 9.94. The molecule has 3 rings (SSSR count). The van der Waals surface area contributed by atoms with Gasteiger partial charge in [-0.3, -0.25) is 4.79 Å². The summed E-state index contributed by atoms with van der Waals surface area (Å²) in [5, 5.41) is 12.7. The number of piperidine rings is 1. The first-order valence-electron chi connectivity index (χ1n) is 8.51. The van der Waals surface area contributed by atoms with Crippen molar-refractivity contribution < 1.29 is 14.3 Å². The Labute approximate surface area is 147 Å². The number of carbonyl (C=O) groups excluding carboxylic acids is 2. The highest BCUT2D eigenvalue weighted by atomic mass is 16.5. The third-order valence-electron chi connectivity index (χ3n) is 5.08. The summed E-state index contributed by atoms with van der Waals surface area (Å²) in [6.45, 7) is 3.01. The second-order valence-electron chi connectivity index (χ2n) is 6.73. The quantitative estimate of drug-likeness (QED) is 0.839. The van der Waals surface area contributed by atoms with Gasteiger partial charge in [0, 0.05) is 37.8 Å². The van der Waals surface area contributed by atoms with Crippen LogP contribution >= 0.6 is 0 Å². The molecule has 1 saturated heterocycles. The molecule has 2 aliphatic rings. The van der Waals surface area contributed by atoms with Crippen LogP contribution in [0.3, 0.4) is 0 Å². The summed E-state index contributed by atoms with van der Waals surface area (Å²) in [6.07, 6.45) is 4.77. The molecule has 2 heterocycles. The van der Waals surface area contributed by atoms with Crippen molar-refractivity contribution in [2.24, 2.45) is 0 Å². The highest BCUT2D eigenvalue weighted by Gasteiger charge is 2.47. The van der Waals surface area contributed by atoms with Gasteiger partial charge in [-0.2, -0.15) is 5.26 Å². The van der Waals surface area contributed by atoms with E-state index < -0.39 is 11.4 Å². The minimum absolute atomic E-state index is 0.0974. The Morgan fingerprint density at radius 3 is 2.60 bits per heavy atom. The number of aromatic nitrogens is 1. The smallest absolute Gasteiger partial charge is 0.338 e. The van der Waals surface area contributed by atoms with E-state index in [0.29, 0.717) is 30.0 Å². The average Bonchev–Trinajstić information content (AvgIpc) is 3.42. The van der Waals surface area contributed by atoms with E-state index in [0.717, 1.165) is 25.7 Å². The summed E-state index contributed by atoms with van der Waals surface area (Å²) in [7, 11) is 1.34. The van der Waals surface area contributed by atoms with E-state index in [-0.39, 0.29) is 11.9 Å². The molecule has 0 aromatic carbocycles. The van der Waals surface area contributed by atoms with E-state index in [1.54, 1.807) is 19.2 Å². The molecule has 1 aromatic heterocycles. The van der Waals surface area contributed by atoms with E-state index in [4.69, 9.17) is 4.74 Å². The summed E-state index contributed by atoms with van der Waals surface area (Å²) in [5.74, 6) is 0.243. The van der Waals surface area contributed by atoms with Crippen molar-refractivity contribution >= 4 is 17.7 Å². The first-order chi connectivity index (χ1) is 12.0. The van der Waals surface area contributed by atoms with Crippen molar-refractivity contribution in [1.29, 1.82) is 5.26 Å². The monoisotopic (exact) mass is 342 g/mol. The number of rotatable bonds is 4. The molecule has 1 saturated carbocycles. The maximum absolute atomic E-state index is 12.2. The number of pyridine rings is 1. The SMILES string of the molecule is COC(=O)c1cc(NC2CCN(C(C)=O)CC2)ncc1C1(C#N)CC1. The predicted octanol–water partition coefficient (Wildman–Crippen LogP) is 1.85. The number of nitrogens with one attached hydrogen (secondary N) is 1. The van der Waals surface area contributed by atoms with E-state index in [1.807, 2.05) is 4.90 Å². The molecule has 7 heteroatoms. The van der Waals surface area contributed by atoms with E-state index in [1.165, 1.54) is 7.11 Å². The number of carbonyl (C=O) groups is 2. The van der Waals surface area contributed by atoms with Gasteiger partial charge in [-0.15, -0.1) is 0 Å². The molecule has 7 nitrogen and oxygen atoms in total. The van der Waals surface area contributed by atoms with E-state index in [9.17, 15) is 14.9 Å². The molecule has 0 spiro atoms. The number of hydrogen-bond acceptors (Lipinski definition) is 6. The zero-order chi connectivity index (χ0) is 18.0. The van der Waals surface area contributed by atoms with Crippen LogP contribution in [0.5, 0.6) is 0 Å². The van der Waals surface area contributed by atoms with Gasteiger partial charge in [0.2, 0.25) is 5.91 Å². The van der Waals surface area contributed by atoms with Gasteiger partial charge < -0.3 is 15.0 Å². The van der Waals surface area contributed by atoms with Crippen molar-refractivity contribution in [3.8, 4) is 6.07 Å². The van der Waals surface area contributed by atoms with Gasteiger partial charge in [-0.1, -0.05) is 0 Å². The standard InChI is InChI=1S/C18H22N4O3/c1-12(23)22-7-3-13(4-8-22)21-16-9-14(17(24)25-2)15(10-20-16)18(11-19)5-6-18/h9-10,13H,3-8H2,1-2H3,(H,20,21). The van der Waals surface area contributed by atoms with Crippen molar-refractivity contribution in [2.75, 3.05) is 25.5 Å². The predicted molar refractivity (Wildman–Crippen MR) is 91.0 cm³/mol. The number of anilines is 1. The van der Waals surface area contributed by atoms with Gasteiger partial charge in [-0.25, -0.2) is 9.78 Å². The number of hydrogen-bond donors (Lipinski definition) is 1. The number of likely N-dealkylation sites (tertiary alicyclic amines) is 1. The summed E-state index contributed by atoms with van der Waals surface area (Å²) in [4.78, 5) is 29.8. The first kappa shape index (κ1) is 17.2. The molecule has 1 aliphatic heterocycles. The van der Waals surface area contributed by atoms with Crippen LogP contribution in [0.2, 0.25) is 0 Å². The van der Waals surface area contributed by atoms with E-state index >= 15 is 0 Å². The Morgan fingerprint density at radius 1 is 1.40 bits per heavy atom. The summed E-state index contributed by atoms with van der Waals surface area (Å²) >= 11 is 0. The van der Waals surface area contributed by atoms with Gasteiger partial charge >= 0.3 is 5.97 Å². The lowest BCUT2D eigenvalue weighted by molar-refractivity contribution is -0.129. The van der Waals surface area contributed by atoms with Crippen LogP contribution in [0, 0.1) is 11.3 Å². The molecule has 1 aliphatic carbocycles. The van der Waals surface area contributed by atoms with Crippen LogP contribution in [0.25, 0.3) is 0 Å². The molecule has 0 radical (unpaired) electrons. The maximum atomic E-state index is 12.2. The fourth-order valence-corrected chi connectivity index (χ4v) is 3.31. The molecule has 0 atom stereocenters. The Hall–Kier alpha value is -2.62. The summed E-state index contributed by atoms with van der Waals surface area (Å²) in [5.41, 5.74) is 0.459. The Kier molecular flexibility index (Phi) is 4.62. The van der Waals surface area contributed by atoms with E-state index in [2.05, 4.69) is 16.4 Å². The fraction of sp³-hybridized carbons (Fsp3) is 0.556. The number of amides is 1. The summed E-state index contributed by atoms with van der Waals surface area (Å²) in [6, 6.07) is 4.17. The molecule has 0 bridgehead atoms. The van der Waals surface area contributed by atoms with Crippen LogP contribution < -0.4 is 5.32 Å². The van der Waals surface area contributed by atoms with Gasteiger partial charge in [0.25, 0.3) is 0 Å². The topological polar surface area (TPSA) is 95.3 Å². The van der Waals surface area contributed by atoms with Crippen molar-refractivity contribution in [1.82, 2.24) is 9.88 Å². The number of methoxy groups -OCH3 is 1. The van der Waals surface area contributed by atoms with Crippen LogP contribution in [0.4, 0.5) is 5.82 Å². The zero-order valence-corrected chi connectivity index (χ0v) is 14.5. The number of esters is 1. The molecular formula is C18H22N4O3. The Balaban J connectivity index is 1.76. The average molecular weight is 342 g/mol. The van der Waals surface area contributed by atoms with Crippen LogP contribution in [0.15, 0.2) is 12.3 Å². The minimum Gasteiger partial charge on any atom is -0.465 e. The number of nitriles is 1. The van der Waals surface area contributed by atoms with Crippen molar-refractivity contribution in [2.45, 2.75) is 44.1 Å². The Bertz CT molecular complexity index is 728. The fourth-order valence-electron chi connectivity index (χ4n) is 3.31. The molecule has 0 unspecified atom stereocenters. The van der Waals surface area contributed by atoms with Crippen LogP contribution in [-0.4, -0.2) is 48.0 Å². The molecule has 1 aromatic rings. The van der Waals surface area contributed by atoms with Crippen LogP contribution in [-0.2, 0) is 14.9 Å². The maximum Gasteiger partial charge on any atom is 0.338 e. The van der Waals surface area contributed by atoms with Gasteiger partial charge in [0.1, 0.15) is 5.82 Å². The lowest BCUT2D eigenvalue weighted by Gasteiger charge is -2.32. The number of nitrogens with zero attached hydrogens (tertiary/aromatic N) is 3. The second kappa shape index (κ2) is 6.71. The molecular weight excluding hydrogens is 320 g/mol. The third-order valence-corrected chi connectivity index (χ3v) is 5.08. The van der Waals surface area contributed by atoms with Crippen molar-refractivity contribution in [3.63, 3.8) is 0 Å². The third kappa shape index (κ3) is 3.43. The number of ether oxygens (including phenoxy) is 1.